The highest BCUT2D eigenvalue weighted by Crippen LogP contribution is 2.31. The average Bonchev–Trinajstić information content (AvgIpc) is 3.25. The van der Waals surface area contributed by atoms with Crippen LogP contribution in [0, 0.1) is 6.92 Å². The van der Waals surface area contributed by atoms with Crippen LogP contribution in [0.5, 0.6) is 0 Å². The Morgan fingerprint density at radius 1 is 1.29 bits per heavy atom. The molecule has 0 unspecified atom stereocenters. The minimum absolute atomic E-state index is 0.107. The van der Waals surface area contributed by atoms with E-state index in [-0.39, 0.29) is 5.56 Å². The number of nitrogens with zero attached hydrogens (tertiary/aromatic N) is 5. The van der Waals surface area contributed by atoms with Crippen LogP contribution >= 0.6 is 0 Å². The molecule has 0 spiro atoms. The van der Waals surface area contributed by atoms with Gasteiger partial charge < -0.3 is 9.88 Å². The second-order valence-corrected chi connectivity index (χ2v) is 6.05. The maximum absolute atomic E-state index is 11.7. The van der Waals surface area contributed by atoms with Crippen LogP contribution in [-0.2, 0) is 6.54 Å². The van der Waals surface area contributed by atoms with Gasteiger partial charge in [-0.3, -0.25) is 4.79 Å². The van der Waals surface area contributed by atoms with Gasteiger partial charge in [-0.25, -0.2) is 14.6 Å². The molecule has 2 heterocycles. The first-order chi connectivity index (χ1) is 11.7. The van der Waals surface area contributed by atoms with Gasteiger partial charge in [-0.2, -0.15) is 5.10 Å². The Labute approximate surface area is 139 Å². The van der Waals surface area contributed by atoms with E-state index in [0.717, 1.165) is 30.9 Å². The maximum Gasteiger partial charge on any atom is 0.252 e. The summed E-state index contributed by atoms with van der Waals surface area (Å²) in [5.41, 5.74) is 2.04. The minimum Gasteiger partial charge on any atom is -0.349 e. The molecule has 0 amide bonds. The molecule has 0 aliphatic heterocycles. The number of hydrogen-bond donors (Lipinski definition) is 1. The van der Waals surface area contributed by atoms with Crippen LogP contribution in [0.25, 0.3) is 5.69 Å². The van der Waals surface area contributed by atoms with Crippen molar-refractivity contribution in [1.82, 2.24) is 24.7 Å². The Hall–Kier alpha value is -2.96. The lowest BCUT2D eigenvalue weighted by Gasteiger charge is -2.23. The van der Waals surface area contributed by atoms with Crippen molar-refractivity contribution in [3.63, 3.8) is 0 Å². The van der Waals surface area contributed by atoms with Gasteiger partial charge in [0, 0.05) is 18.7 Å². The smallest absolute Gasteiger partial charge is 0.252 e. The van der Waals surface area contributed by atoms with E-state index >= 15 is 0 Å². The fourth-order valence-corrected chi connectivity index (χ4v) is 2.79. The minimum atomic E-state index is -0.107. The van der Waals surface area contributed by atoms with Crippen molar-refractivity contribution in [2.24, 2.45) is 0 Å². The van der Waals surface area contributed by atoms with Crippen LogP contribution in [0.1, 0.15) is 24.2 Å². The molecule has 1 aliphatic carbocycles. The number of aromatic nitrogens is 5. The SMILES string of the molecule is Cc1nc(N(Cc2ccc(-n3cncn3)cc2)C2CC2)cc(=O)[nH]1. The summed E-state index contributed by atoms with van der Waals surface area (Å²) < 4.78 is 1.73. The molecule has 4 rings (SSSR count). The number of nitrogens with one attached hydrogen (secondary N) is 1. The standard InChI is InChI=1S/C17H18N6O/c1-12-20-16(8-17(24)21-12)22(14-6-7-14)9-13-2-4-15(5-3-13)23-11-18-10-19-23/h2-5,8,10-11,14H,6-7,9H2,1H3,(H,20,21,24). The molecule has 1 fully saturated rings. The summed E-state index contributed by atoms with van der Waals surface area (Å²) in [5.74, 6) is 1.39. The Bertz CT molecular complexity index is 880. The highest BCUT2D eigenvalue weighted by atomic mass is 16.1. The van der Waals surface area contributed by atoms with Crippen LogP contribution < -0.4 is 10.5 Å². The summed E-state index contributed by atoms with van der Waals surface area (Å²) in [6, 6.07) is 10.2. The van der Waals surface area contributed by atoms with E-state index in [9.17, 15) is 4.79 Å². The molecule has 7 nitrogen and oxygen atoms in total. The molecule has 7 heteroatoms. The van der Waals surface area contributed by atoms with Gasteiger partial charge in [-0.1, -0.05) is 12.1 Å². The summed E-state index contributed by atoms with van der Waals surface area (Å²) in [7, 11) is 0. The van der Waals surface area contributed by atoms with Crippen LogP contribution in [0.2, 0.25) is 0 Å². The second-order valence-electron chi connectivity index (χ2n) is 6.05. The monoisotopic (exact) mass is 322 g/mol. The molecule has 3 aromatic rings. The fourth-order valence-electron chi connectivity index (χ4n) is 2.79. The van der Waals surface area contributed by atoms with E-state index in [1.54, 1.807) is 17.1 Å². The van der Waals surface area contributed by atoms with E-state index in [0.29, 0.717) is 11.9 Å². The van der Waals surface area contributed by atoms with Crippen molar-refractivity contribution in [2.45, 2.75) is 32.4 Å². The van der Waals surface area contributed by atoms with Crippen molar-refractivity contribution in [1.29, 1.82) is 0 Å². The van der Waals surface area contributed by atoms with Crippen molar-refractivity contribution in [3.05, 3.63) is 64.7 Å². The van der Waals surface area contributed by atoms with E-state index in [1.165, 1.54) is 11.9 Å². The lowest BCUT2D eigenvalue weighted by molar-refractivity contribution is 0.768. The van der Waals surface area contributed by atoms with Gasteiger partial charge in [0.25, 0.3) is 5.56 Å². The zero-order chi connectivity index (χ0) is 16.5. The third-order valence-corrected chi connectivity index (χ3v) is 4.10. The highest BCUT2D eigenvalue weighted by molar-refractivity contribution is 5.43. The summed E-state index contributed by atoms with van der Waals surface area (Å²) in [6.45, 7) is 2.54. The Morgan fingerprint density at radius 3 is 2.71 bits per heavy atom. The van der Waals surface area contributed by atoms with Crippen molar-refractivity contribution < 1.29 is 0 Å². The predicted molar refractivity (Wildman–Crippen MR) is 90.2 cm³/mol. The van der Waals surface area contributed by atoms with Crippen molar-refractivity contribution in [2.75, 3.05) is 4.90 Å². The Morgan fingerprint density at radius 2 is 2.08 bits per heavy atom. The van der Waals surface area contributed by atoms with E-state index in [1.807, 2.05) is 19.1 Å². The molecule has 1 N–H and O–H groups in total. The molecule has 1 aliphatic rings. The average molecular weight is 322 g/mol. The Kier molecular flexibility index (Phi) is 3.60. The first kappa shape index (κ1) is 14.6. The number of rotatable bonds is 5. The summed E-state index contributed by atoms with van der Waals surface area (Å²) in [5, 5.41) is 4.13. The summed E-state index contributed by atoms with van der Waals surface area (Å²) in [4.78, 5) is 25.1. The quantitative estimate of drug-likeness (QED) is 0.775. The molecule has 2 aromatic heterocycles. The van der Waals surface area contributed by atoms with Crippen molar-refractivity contribution >= 4 is 5.82 Å². The third kappa shape index (κ3) is 3.05. The molecule has 0 atom stereocenters. The summed E-state index contributed by atoms with van der Waals surface area (Å²) in [6.07, 6.45) is 5.48. The molecular weight excluding hydrogens is 304 g/mol. The number of aryl methyl sites for hydroxylation is 1. The van der Waals surface area contributed by atoms with Gasteiger partial charge in [-0.05, 0) is 37.5 Å². The number of aromatic amines is 1. The van der Waals surface area contributed by atoms with Crippen LogP contribution in [0.15, 0.2) is 47.8 Å². The third-order valence-electron chi connectivity index (χ3n) is 4.10. The van der Waals surface area contributed by atoms with Gasteiger partial charge in [0.05, 0.1) is 5.69 Å². The lowest BCUT2D eigenvalue weighted by atomic mass is 10.2. The molecule has 0 saturated heterocycles. The molecule has 122 valence electrons. The van der Waals surface area contributed by atoms with Gasteiger partial charge in [0.1, 0.15) is 24.3 Å². The van der Waals surface area contributed by atoms with Crippen LogP contribution in [0.3, 0.4) is 0 Å². The number of benzene rings is 1. The summed E-state index contributed by atoms with van der Waals surface area (Å²) >= 11 is 0. The van der Waals surface area contributed by atoms with Gasteiger partial charge in [0.2, 0.25) is 0 Å². The second kappa shape index (κ2) is 5.92. The molecule has 24 heavy (non-hydrogen) atoms. The topological polar surface area (TPSA) is 79.7 Å². The molecular formula is C17H18N6O. The lowest BCUT2D eigenvalue weighted by Crippen LogP contribution is -2.28. The zero-order valence-electron chi connectivity index (χ0n) is 13.4. The van der Waals surface area contributed by atoms with Gasteiger partial charge in [0.15, 0.2) is 0 Å². The van der Waals surface area contributed by atoms with E-state index in [2.05, 4.69) is 37.1 Å². The molecule has 0 bridgehead atoms. The van der Waals surface area contributed by atoms with Gasteiger partial charge >= 0.3 is 0 Å². The highest BCUT2D eigenvalue weighted by Gasteiger charge is 2.30. The number of H-pyrrole nitrogens is 1. The van der Waals surface area contributed by atoms with E-state index in [4.69, 9.17) is 0 Å². The van der Waals surface area contributed by atoms with Gasteiger partial charge in [-0.15, -0.1) is 0 Å². The fraction of sp³-hybridized carbons (Fsp3) is 0.294. The van der Waals surface area contributed by atoms with Crippen LogP contribution in [-0.4, -0.2) is 30.8 Å². The van der Waals surface area contributed by atoms with Crippen LogP contribution in [0.4, 0.5) is 5.82 Å². The maximum atomic E-state index is 11.7. The molecule has 1 saturated carbocycles. The number of anilines is 1. The number of hydrogen-bond acceptors (Lipinski definition) is 5. The molecule has 1 aromatic carbocycles. The first-order valence-electron chi connectivity index (χ1n) is 7.97. The predicted octanol–water partition coefficient (Wildman–Crippen LogP) is 1.83. The Balaban J connectivity index is 1.58. The zero-order valence-corrected chi connectivity index (χ0v) is 13.4. The normalized spacial score (nSPS) is 13.9. The first-order valence-corrected chi connectivity index (χ1v) is 7.97. The van der Waals surface area contributed by atoms with E-state index < -0.39 is 0 Å². The van der Waals surface area contributed by atoms with Crippen molar-refractivity contribution in [3.8, 4) is 5.69 Å². The largest absolute Gasteiger partial charge is 0.349 e. The molecule has 0 radical (unpaired) electrons.